The zero-order valence-corrected chi connectivity index (χ0v) is 14.6. The molecule has 0 saturated heterocycles. The van der Waals surface area contributed by atoms with E-state index in [9.17, 15) is 8.78 Å². The van der Waals surface area contributed by atoms with Crippen molar-refractivity contribution in [3.63, 3.8) is 0 Å². The summed E-state index contributed by atoms with van der Waals surface area (Å²) in [7, 11) is 0. The molecule has 0 radical (unpaired) electrons. The predicted molar refractivity (Wildman–Crippen MR) is 91.7 cm³/mol. The molecule has 1 nitrogen and oxygen atoms in total. The van der Waals surface area contributed by atoms with Gasteiger partial charge in [0.1, 0.15) is 5.60 Å². The second kappa shape index (κ2) is 7.94. The number of allylic oxidation sites excluding steroid dienone is 1. The van der Waals surface area contributed by atoms with E-state index in [-0.39, 0.29) is 5.75 Å². The molecule has 0 spiro atoms. The van der Waals surface area contributed by atoms with Crippen LogP contribution in [-0.4, -0.2) is 5.60 Å². The van der Waals surface area contributed by atoms with E-state index in [1.807, 2.05) is 19.9 Å². The third-order valence-electron chi connectivity index (χ3n) is 4.62. The van der Waals surface area contributed by atoms with Crippen molar-refractivity contribution in [3.05, 3.63) is 34.9 Å². The summed E-state index contributed by atoms with van der Waals surface area (Å²) in [6.45, 7) is 6.08. The number of benzene rings is 1. The van der Waals surface area contributed by atoms with E-state index in [4.69, 9.17) is 4.74 Å². The normalized spacial score (nSPS) is 18.0. The van der Waals surface area contributed by atoms with Crippen LogP contribution in [0.2, 0.25) is 0 Å². The Morgan fingerprint density at radius 2 is 1.78 bits per heavy atom. The predicted octanol–water partition coefficient (Wildman–Crippen LogP) is 6.66. The van der Waals surface area contributed by atoms with Crippen molar-refractivity contribution in [2.45, 2.75) is 77.7 Å². The molecule has 1 aromatic rings. The Bertz CT molecular complexity index is 534. The van der Waals surface area contributed by atoms with Gasteiger partial charge in [-0.25, -0.2) is 8.78 Å². The van der Waals surface area contributed by atoms with E-state index in [0.29, 0.717) is 5.56 Å². The first-order valence-electron chi connectivity index (χ1n) is 8.79. The molecule has 1 aliphatic carbocycles. The standard InChI is InChI=1S/C20H28F2O/c1-4-5-9-15(2)12-16-13-17(21)19(18(22)14-16)23-20(3)10-7-6-8-11-20/h12-14H,4-11H2,1-3H3/b15-12+. The highest BCUT2D eigenvalue weighted by atomic mass is 19.1. The van der Waals surface area contributed by atoms with Gasteiger partial charge in [0.2, 0.25) is 0 Å². The van der Waals surface area contributed by atoms with Crippen LogP contribution >= 0.6 is 0 Å². The van der Waals surface area contributed by atoms with Crippen LogP contribution in [-0.2, 0) is 0 Å². The van der Waals surface area contributed by atoms with Gasteiger partial charge in [-0.3, -0.25) is 0 Å². The van der Waals surface area contributed by atoms with Crippen LogP contribution in [0.15, 0.2) is 17.7 Å². The highest BCUT2D eigenvalue weighted by Crippen LogP contribution is 2.35. The van der Waals surface area contributed by atoms with Crippen molar-refractivity contribution in [1.82, 2.24) is 0 Å². The smallest absolute Gasteiger partial charge is 0.191 e. The lowest BCUT2D eigenvalue weighted by atomic mass is 9.86. The SMILES string of the molecule is CCCC/C(C)=C/c1cc(F)c(OC2(C)CCCCC2)c(F)c1. The van der Waals surface area contributed by atoms with Crippen molar-refractivity contribution < 1.29 is 13.5 Å². The number of unbranched alkanes of at least 4 members (excludes halogenated alkanes) is 1. The van der Waals surface area contributed by atoms with Crippen molar-refractivity contribution in [1.29, 1.82) is 0 Å². The molecule has 0 aliphatic heterocycles. The van der Waals surface area contributed by atoms with Gasteiger partial charge < -0.3 is 4.74 Å². The summed E-state index contributed by atoms with van der Waals surface area (Å²) in [6.07, 6.45) is 9.99. The van der Waals surface area contributed by atoms with Crippen LogP contribution in [0.3, 0.4) is 0 Å². The van der Waals surface area contributed by atoms with E-state index < -0.39 is 17.2 Å². The van der Waals surface area contributed by atoms with E-state index in [1.165, 1.54) is 18.6 Å². The van der Waals surface area contributed by atoms with Crippen molar-refractivity contribution in [2.24, 2.45) is 0 Å². The van der Waals surface area contributed by atoms with Gasteiger partial charge in [-0.2, -0.15) is 0 Å². The molecule has 2 rings (SSSR count). The molecule has 128 valence electrons. The van der Waals surface area contributed by atoms with Gasteiger partial charge in [-0.1, -0.05) is 31.4 Å². The first-order valence-corrected chi connectivity index (χ1v) is 8.79. The molecule has 0 amide bonds. The average Bonchev–Trinajstić information content (AvgIpc) is 2.50. The molecule has 23 heavy (non-hydrogen) atoms. The molecule has 0 atom stereocenters. The second-order valence-corrected chi connectivity index (χ2v) is 7.02. The number of halogens is 2. The zero-order chi connectivity index (χ0) is 16.9. The summed E-state index contributed by atoms with van der Waals surface area (Å²) in [5.74, 6) is -1.43. The average molecular weight is 322 g/mol. The summed E-state index contributed by atoms with van der Waals surface area (Å²) in [5.41, 5.74) is 1.25. The summed E-state index contributed by atoms with van der Waals surface area (Å²) < 4.78 is 34.4. The van der Waals surface area contributed by atoms with E-state index in [2.05, 4.69) is 6.92 Å². The van der Waals surface area contributed by atoms with Crippen LogP contribution in [0.1, 0.15) is 77.7 Å². The molecule has 0 bridgehead atoms. The summed E-state index contributed by atoms with van der Waals surface area (Å²) in [5, 5.41) is 0. The lowest BCUT2D eigenvalue weighted by Crippen LogP contribution is -2.35. The van der Waals surface area contributed by atoms with Crippen LogP contribution in [0.5, 0.6) is 5.75 Å². The molecule has 3 heteroatoms. The highest BCUT2D eigenvalue weighted by molar-refractivity contribution is 5.54. The van der Waals surface area contributed by atoms with Gasteiger partial charge in [0.15, 0.2) is 17.4 Å². The van der Waals surface area contributed by atoms with Crippen LogP contribution in [0.4, 0.5) is 8.78 Å². The zero-order valence-electron chi connectivity index (χ0n) is 14.6. The van der Waals surface area contributed by atoms with Crippen LogP contribution in [0, 0.1) is 11.6 Å². The number of hydrogen-bond acceptors (Lipinski definition) is 1. The Hall–Kier alpha value is -1.38. The van der Waals surface area contributed by atoms with E-state index in [0.717, 1.165) is 50.5 Å². The third-order valence-corrected chi connectivity index (χ3v) is 4.62. The molecular formula is C20H28F2O. The summed E-state index contributed by atoms with van der Waals surface area (Å²) in [4.78, 5) is 0. The van der Waals surface area contributed by atoms with Gasteiger partial charge in [-0.05, 0) is 70.1 Å². The van der Waals surface area contributed by atoms with Gasteiger partial charge >= 0.3 is 0 Å². The third kappa shape index (κ3) is 5.05. The quantitative estimate of drug-likeness (QED) is 0.569. The lowest BCUT2D eigenvalue weighted by Gasteiger charge is -2.34. The minimum absolute atomic E-state index is 0.224. The molecule has 1 fully saturated rings. The fourth-order valence-electron chi connectivity index (χ4n) is 3.22. The Morgan fingerprint density at radius 3 is 2.35 bits per heavy atom. The van der Waals surface area contributed by atoms with E-state index in [1.54, 1.807) is 0 Å². The van der Waals surface area contributed by atoms with Gasteiger partial charge in [0, 0.05) is 0 Å². The molecule has 0 aromatic heterocycles. The number of hydrogen-bond donors (Lipinski definition) is 0. The number of ether oxygens (including phenoxy) is 1. The lowest BCUT2D eigenvalue weighted by molar-refractivity contribution is 0.0405. The van der Waals surface area contributed by atoms with E-state index >= 15 is 0 Å². The Balaban J connectivity index is 2.17. The largest absolute Gasteiger partial charge is 0.481 e. The fraction of sp³-hybridized carbons (Fsp3) is 0.600. The molecular weight excluding hydrogens is 294 g/mol. The monoisotopic (exact) mass is 322 g/mol. The Kier molecular flexibility index (Phi) is 6.20. The minimum Gasteiger partial charge on any atom is -0.481 e. The van der Waals surface area contributed by atoms with Crippen LogP contribution < -0.4 is 4.74 Å². The minimum atomic E-state index is -0.605. The summed E-state index contributed by atoms with van der Waals surface area (Å²) in [6, 6.07) is 2.75. The van der Waals surface area contributed by atoms with Gasteiger partial charge in [0.05, 0.1) is 0 Å². The Labute approximate surface area is 138 Å². The molecule has 0 heterocycles. The maximum absolute atomic E-state index is 14.3. The second-order valence-electron chi connectivity index (χ2n) is 7.02. The molecule has 0 N–H and O–H groups in total. The molecule has 1 aliphatic rings. The fourth-order valence-corrected chi connectivity index (χ4v) is 3.22. The van der Waals surface area contributed by atoms with Crippen molar-refractivity contribution in [2.75, 3.05) is 0 Å². The van der Waals surface area contributed by atoms with Crippen molar-refractivity contribution >= 4 is 6.08 Å². The maximum atomic E-state index is 14.3. The molecule has 1 aromatic carbocycles. The molecule has 0 unspecified atom stereocenters. The summed E-state index contributed by atoms with van der Waals surface area (Å²) >= 11 is 0. The van der Waals surface area contributed by atoms with Crippen molar-refractivity contribution in [3.8, 4) is 5.75 Å². The van der Waals surface area contributed by atoms with Crippen LogP contribution in [0.25, 0.3) is 6.08 Å². The highest BCUT2D eigenvalue weighted by Gasteiger charge is 2.31. The maximum Gasteiger partial charge on any atom is 0.191 e. The number of rotatable bonds is 6. The molecule has 1 saturated carbocycles. The first kappa shape index (κ1) is 18.0. The topological polar surface area (TPSA) is 9.23 Å². The Morgan fingerprint density at radius 1 is 1.17 bits per heavy atom. The first-order chi connectivity index (χ1) is 10.9. The van der Waals surface area contributed by atoms with Gasteiger partial charge in [-0.15, -0.1) is 0 Å². The van der Waals surface area contributed by atoms with Gasteiger partial charge in [0.25, 0.3) is 0 Å².